The number of hydrogen-bond acceptors (Lipinski definition) is 6. The number of oxime groups is 1. The first-order valence-corrected chi connectivity index (χ1v) is 11.3. The molecule has 0 aliphatic heterocycles. The van der Waals surface area contributed by atoms with Gasteiger partial charge in [-0.3, -0.25) is 9.59 Å². The molecule has 6 nitrogen and oxygen atoms in total. The van der Waals surface area contributed by atoms with Gasteiger partial charge >= 0.3 is 11.9 Å². The highest BCUT2D eigenvalue weighted by atomic mass is 16.5. The summed E-state index contributed by atoms with van der Waals surface area (Å²) in [5.74, 6) is 1.71. The Morgan fingerprint density at radius 3 is 2.34 bits per heavy atom. The summed E-state index contributed by atoms with van der Waals surface area (Å²) in [7, 11) is 0. The minimum atomic E-state index is -0.392. The summed E-state index contributed by atoms with van der Waals surface area (Å²) >= 11 is 0. The van der Waals surface area contributed by atoms with Crippen LogP contribution in [0.4, 0.5) is 0 Å². The SMILES string of the molecule is CC(=O)O[C@H]1CC[C@@]2(C)[C@@H](CC[C@@H]3[C@@H]2CC[C@]2(C)/C(=N\O)[C@H](OC(C)=O)C[C@@H]32)C1. The highest BCUT2D eigenvalue weighted by Gasteiger charge is 2.62. The molecule has 0 spiro atoms. The fourth-order valence-corrected chi connectivity index (χ4v) is 7.83. The van der Waals surface area contributed by atoms with Crippen molar-refractivity contribution in [1.29, 1.82) is 0 Å². The van der Waals surface area contributed by atoms with Crippen LogP contribution in [-0.4, -0.2) is 35.1 Å². The van der Waals surface area contributed by atoms with Gasteiger partial charge in [-0.2, -0.15) is 0 Å². The standard InChI is InChI=1S/C23H35NO5/c1-13(25)28-16-7-9-22(3)15(11-16)5-6-17-18(22)8-10-23(4)19(17)12-20(21(23)24-27)29-14(2)26/h15-20,27H,5-12H2,1-4H3/b24-21-/t15-,16-,17+,18-,19-,20+,22-,23-/m0/s1. The first-order valence-electron chi connectivity index (χ1n) is 11.3. The van der Waals surface area contributed by atoms with Gasteiger partial charge in [0.1, 0.15) is 17.9 Å². The lowest BCUT2D eigenvalue weighted by Crippen LogP contribution is -2.54. The maximum Gasteiger partial charge on any atom is 0.303 e. The zero-order valence-corrected chi connectivity index (χ0v) is 18.1. The number of carbonyl (C=O) groups excluding carboxylic acids is 2. The van der Waals surface area contributed by atoms with Crippen LogP contribution in [0.5, 0.6) is 0 Å². The van der Waals surface area contributed by atoms with Crippen molar-refractivity contribution in [2.24, 2.45) is 39.7 Å². The Morgan fingerprint density at radius 1 is 0.966 bits per heavy atom. The minimum Gasteiger partial charge on any atom is -0.463 e. The summed E-state index contributed by atoms with van der Waals surface area (Å²) in [6.07, 6.45) is 7.91. The van der Waals surface area contributed by atoms with Gasteiger partial charge in [-0.25, -0.2) is 0 Å². The molecule has 4 aliphatic rings. The van der Waals surface area contributed by atoms with Gasteiger partial charge in [-0.1, -0.05) is 19.0 Å². The maximum atomic E-state index is 11.6. The van der Waals surface area contributed by atoms with E-state index >= 15 is 0 Å². The molecule has 162 valence electrons. The quantitative estimate of drug-likeness (QED) is 0.420. The second kappa shape index (κ2) is 7.28. The molecular weight excluding hydrogens is 370 g/mol. The second-order valence-corrected chi connectivity index (χ2v) is 10.4. The monoisotopic (exact) mass is 405 g/mol. The molecule has 8 atom stereocenters. The summed E-state index contributed by atoms with van der Waals surface area (Å²) in [6, 6.07) is 0. The van der Waals surface area contributed by atoms with Crippen molar-refractivity contribution in [1.82, 2.24) is 0 Å². The molecule has 4 saturated carbocycles. The molecule has 0 radical (unpaired) electrons. The van der Waals surface area contributed by atoms with Crippen molar-refractivity contribution in [3.8, 4) is 0 Å². The van der Waals surface area contributed by atoms with Gasteiger partial charge in [0.2, 0.25) is 0 Å². The van der Waals surface area contributed by atoms with E-state index < -0.39 is 6.10 Å². The number of hydrogen-bond donors (Lipinski definition) is 1. The Hall–Kier alpha value is -1.59. The molecule has 0 unspecified atom stereocenters. The molecule has 4 aliphatic carbocycles. The molecule has 0 saturated heterocycles. The predicted octanol–water partition coefficient (Wildman–Crippen LogP) is 4.33. The molecule has 4 rings (SSSR count). The third-order valence-electron chi connectivity index (χ3n) is 9.11. The molecule has 0 amide bonds. The largest absolute Gasteiger partial charge is 0.463 e. The van der Waals surface area contributed by atoms with E-state index in [0.29, 0.717) is 29.4 Å². The van der Waals surface area contributed by atoms with Gasteiger partial charge in [-0.15, -0.1) is 0 Å². The van der Waals surface area contributed by atoms with Gasteiger partial charge in [0.25, 0.3) is 0 Å². The van der Waals surface area contributed by atoms with Crippen LogP contribution in [0.25, 0.3) is 0 Å². The average Bonchev–Trinajstić information content (AvgIpc) is 2.92. The summed E-state index contributed by atoms with van der Waals surface area (Å²) in [5, 5.41) is 13.4. The Bertz CT molecular complexity index is 720. The Kier molecular flexibility index (Phi) is 5.19. The minimum absolute atomic E-state index is 0.0731. The predicted molar refractivity (Wildman–Crippen MR) is 107 cm³/mol. The molecule has 0 aromatic carbocycles. The van der Waals surface area contributed by atoms with E-state index in [-0.39, 0.29) is 28.9 Å². The molecule has 0 aromatic heterocycles. The molecule has 29 heavy (non-hydrogen) atoms. The van der Waals surface area contributed by atoms with E-state index in [1.807, 2.05) is 0 Å². The van der Waals surface area contributed by atoms with Crippen LogP contribution >= 0.6 is 0 Å². The summed E-state index contributed by atoms with van der Waals surface area (Å²) in [4.78, 5) is 23.0. The smallest absolute Gasteiger partial charge is 0.303 e. The number of rotatable bonds is 2. The van der Waals surface area contributed by atoms with E-state index in [0.717, 1.165) is 51.4 Å². The third kappa shape index (κ3) is 3.27. The number of carbonyl (C=O) groups is 2. The number of esters is 2. The lowest BCUT2D eigenvalue weighted by molar-refractivity contribution is -0.158. The Labute approximate surface area is 173 Å². The van der Waals surface area contributed by atoms with E-state index in [4.69, 9.17) is 9.47 Å². The molecule has 1 N–H and O–H groups in total. The van der Waals surface area contributed by atoms with Crippen LogP contribution in [0.2, 0.25) is 0 Å². The van der Waals surface area contributed by atoms with E-state index in [1.54, 1.807) is 0 Å². The van der Waals surface area contributed by atoms with Crippen LogP contribution in [0.15, 0.2) is 5.16 Å². The lowest BCUT2D eigenvalue weighted by Gasteiger charge is -2.60. The van der Waals surface area contributed by atoms with Gasteiger partial charge < -0.3 is 14.7 Å². The zero-order valence-electron chi connectivity index (χ0n) is 18.1. The maximum absolute atomic E-state index is 11.6. The summed E-state index contributed by atoms with van der Waals surface area (Å²) in [5.41, 5.74) is 0.757. The Morgan fingerprint density at radius 2 is 1.69 bits per heavy atom. The fourth-order valence-electron chi connectivity index (χ4n) is 7.83. The first kappa shape index (κ1) is 20.7. The van der Waals surface area contributed by atoms with Crippen molar-refractivity contribution >= 4 is 17.7 Å². The van der Waals surface area contributed by atoms with Gasteiger partial charge in [-0.05, 0) is 80.5 Å². The van der Waals surface area contributed by atoms with Crippen LogP contribution in [0.1, 0.15) is 79.1 Å². The van der Waals surface area contributed by atoms with Crippen LogP contribution < -0.4 is 0 Å². The normalized spacial score (nSPS) is 47.7. The summed E-state index contributed by atoms with van der Waals surface area (Å²) in [6.45, 7) is 7.60. The van der Waals surface area contributed by atoms with Gasteiger partial charge in [0.15, 0.2) is 0 Å². The second-order valence-electron chi connectivity index (χ2n) is 10.4. The van der Waals surface area contributed by atoms with Gasteiger partial charge in [0, 0.05) is 19.3 Å². The van der Waals surface area contributed by atoms with Crippen molar-refractivity contribution in [3.63, 3.8) is 0 Å². The van der Waals surface area contributed by atoms with Gasteiger partial charge in [0.05, 0.1) is 0 Å². The van der Waals surface area contributed by atoms with Crippen LogP contribution in [-0.2, 0) is 19.1 Å². The lowest BCUT2D eigenvalue weighted by atomic mass is 9.45. The number of ether oxygens (including phenoxy) is 2. The molecular formula is C23H35NO5. The molecule has 6 heteroatoms. The number of fused-ring (bicyclic) bond motifs is 5. The van der Waals surface area contributed by atoms with Crippen molar-refractivity contribution in [2.45, 2.75) is 91.3 Å². The fraction of sp³-hybridized carbons (Fsp3) is 0.870. The highest BCUT2D eigenvalue weighted by Crippen LogP contribution is 2.66. The topological polar surface area (TPSA) is 85.2 Å². The van der Waals surface area contributed by atoms with Crippen LogP contribution in [0, 0.1) is 34.5 Å². The van der Waals surface area contributed by atoms with E-state index in [1.165, 1.54) is 13.8 Å². The van der Waals surface area contributed by atoms with E-state index in [9.17, 15) is 14.8 Å². The molecule has 0 aromatic rings. The van der Waals surface area contributed by atoms with E-state index in [2.05, 4.69) is 19.0 Å². The Balaban J connectivity index is 1.56. The van der Waals surface area contributed by atoms with Crippen LogP contribution in [0.3, 0.4) is 0 Å². The molecule has 0 bridgehead atoms. The molecule has 0 heterocycles. The zero-order chi connectivity index (χ0) is 21.0. The number of nitrogens with zero attached hydrogens (tertiary/aromatic N) is 1. The van der Waals surface area contributed by atoms with Crippen molar-refractivity contribution < 1.29 is 24.3 Å². The average molecular weight is 406 g/mol. The first-order chi connectivity index (χ1) is 13.7. The third-order valence-corrected chi connectivity index (χ3v) is 9.11. The van der Waals surface area contributed by atoms with Crippen molar-refractivity contribution in [3.05, 3.63) is 0 Å². The van der Waals surface area contributed by atoms with Crippen molar-refractivity contribution in [2.75, 3.05) is 0 Å². The molecule has 4 fully saturated rings. The summed E-state index contributed by atoms with van der Waals surface area (Å²) < 4.78 is 11.1. The highest BCUT2D eigenvalue weighted by molar-refractivity contribution is 5.97.